The number of nitrogens with zero attached hydrogens (tertiary/aromatic N) is 1. The van der Waals surface area contributed by atoms with E-state index in [1.54, 1.807) is 19.9 Å². The van der Waals surface area contributed by atoms with E-state index in [0.717, 1.165) is 4.90 Å². The molecule has 0 saturated heterocycles. The predicted octanol–water partition coefficient (Wildman–Crippen LogP) is 2.21. The number of nitrogens with one attached hydrogen (secondary N) is 1. The van der Waals surface area contributed by atoms with Gasteiger partial charge in [0.2, 0.25) is 0 Å². The summed E-state index contributed by atoms with van der Waals surface area (Å²) in [5.41, 5.74) is -1.26. The molecule has 0 spiro atoms. The fourth-order valence-electron chi connectivity index (χ4n) is 1.47. The van der Waals surface area contributed by atoms with Gasteiger partial charge >= 0.3 is 0 Å². The van der Waals surface area contributed by atoms with Crippen molar-refractivity contribution in [2.75, 3.05) is 12.8 Å². The highest BCUT2D eigenvalue weighted by atomic mass is 32.2. The number of hydrogen-bond donors (Lipinski definition) is 2. The molecule has 1 aromatic carbocycles. The molecule has 0 bridgehead atoms. The van der Waals surface area contributed by atoms with E-state index in [2.05, 4.69) is 5.32 Å². The quantitative estimate of drug-likeness (QED) is 0.477. The van der Waals surface area contributed by atoms with E-state index >= 15 is 0 Å². The Morgan fingerprint density at radius 1 is 1.55 bits per heavy atom. The maximum atomic E-state index is 12.1. The highest BCUT2D eigenvalue weighted by Gasteiger charge is 2.23. The van der Waals surface area contributed by atoms with Crippen LogP contribution in [0, 0.1) is 10.1 Å². The minimum atomic E-state index is -1.03. The molecule has 0 aliphatic rings. The fraction of sp³-hybridized carbons (Fsp3) is 0.462. The zero-order chi connectivity index (χ0) is 15.3. The van der Waals surface area contributed by atoms with Crippen molar-refractivity contribution in [1.29, 1.82) is 0 Å². The monoisotopic (exact) mass is 298 g/mol. The second-order valence-corrected chi connectivity index (χ2v) is 5.55. The van der Waals surface area contributed by atoms with E-state index in [4.69, 9.17) is 0 Å². The van der Waals surface area contributed by atoms with E-state index in [1.165, 1.54) is 23.9 Å². The first-order valence-corrected chi connectivity index (χ1v) is 7.36. The lowest BCUT2D eigenvalue weighted by Gasteiger charge is -2.21. The SMILES string of the molecule is CCC(C)(O)CNC(=O)c1cc(SC)ccc1[N+](=O)[O-]. The van der Waals surface area contributed by atoms with Crippen LogP contribution >= 0.6 is 11.8 Å². The van der Waals surface area contributed by atoms with Crippen LogP contribution in [0.5, 0.6) is 0 Å². The van der Waals surface area contributed by atoms with Gasteiger partial charge in [0.25, 0.3) is 11.6 Å². The van der Waals surface area contributed by atoms with E-state index in [9.17, 15) is 20.0 Å². The van der Waals surface area contributed by atoms with Crippen molar-refractivity contribution >= 4 is 23.4 Å². The lowest BCUT2D eigenvalue weighted by atomic mass is 10.0. The molecule has 7 heteroatoms. The molecule has 1 unspecified atom stereocenters. The summed E-state index contributed by atoms with van der Waals surface area (Å²) in [6.45, 7) is 3.44. The summed E-state index contributed by atoms with van der Waals surface area (Å²) in [5, 5.41) is 23.3. The van der Waals surface area contributed by atoms with Crippen molar-refractivity contribution in [3.05, 3.63) is 33.9 Å². The Morgan fingerprint density at radius 2 is 2.20 bits per heavy atom. The molecule has 20 heavy (non-hydrogen) atoms. The Balaban J connectivity index is 2.98. The average Bonchev–Trinajstić information content (AvgIpc) is 2.44. The Labute approximate surface area is 121 Å². The third-order valence-corrected chi connectivity index (χ3v) is 3.76. The molecule has 0 aliphatic heterocycles. The van der Waals surface area contributed by atoms with E-state index in [-0.39, 0.29) is 17.8 Å². The van der Waals surface area contributed by atoms with Crippen LogP contribution in [-0.4, -0.2) is 34.3 Å². The van der Waals surface area contributed by atoms with Crippen LogP contribution in [0.4, 0.5) is 5.69 Å². The zero-order valence-electron chi connectivity index (χ0n) is 11.7. The summed E-state index contributed by atoms with van der Waals surface area (Å²) >= 11 is 1.40. The summed E-state index contributed by atoms with van der Waals surface area (Å²) in [6.07, 6.45) is 2.30. The van der Waals surface area contributed by atoms with Gasteiger partial charge in [0.05, 0.1) is 10.5 Å². The summed E-state index contributed by atoms with van der Waals surface area (Å²) in [6, 6.07) is 4.40. The van der Waals surface area contributed by atoms with Crippen molar-refractivity contribution in [3.63, 3.8) is 0 Å². The number of carbonyl (C=O) groups excluding carboxylic acids is 1. The lowest BCUT2D eigenvalue weighted by molar-refractivity contribution is -0.385. The molecule has 1 atom stereocenters. The first-order valence-electron chi connectivity index (χ1n) is 6.13. The first kappa shape index (κ1) is 16.5. The van der Waals surface area contributed by atoms with Gasteiger partial charge in [-0.2, -0.15) is 0 Å². The molecule has 1 amide bonds. The van der Waals surface area contributed by atoms with Gasteiger partial charge in [-0.25, -0.2) is 0 Å². The number of aliphatic hydroxyl groups is 1. The number of nitro groups is 1. The lowest BCUT2D eigenvalue weighted by Crippen LogP contribution is -2.40. The smallest absolute Gasteiger partial charge is 0.282 e. The molecule has 0 aromatic heterocycles. The van der Waals surface area contributed by atoms with Gasteiger partial charge in [-0.15, -0.1) is 11.8 Å². The number of carbonyl (C=O) groups is 1. The van der Waals surface area contributed by atoms with Gasteiger partial charge in [0.1, 0.15) is 5.56 Å². The molecule has 110 valence electrons. The molecule has 1 rings (SSSR count). The molecule has 0 radical (unpaired) electrons. The maximum Gasteiger partial charge on any atom is 0.282 e. The second-order valence-electron chi connectivity index (χ2n) is 4.67. The Bertz CT molecular complexity index is 517. The summed E-state index contributed by atoms with van der Waals surface area (Å²) in [5.74, 6) is -0.554. The second kappa shape index (κ2) is 6.71. The third kappa shape index (κ3) is 4.21. The van der Waals surface area contributed by atoms with Gasteiger partial charge in [0, 0.05) is 17.5 Å². The van der Waals surface area contributed by atoms with Gasteiger partial charge in [-0.05, 0) is 31.7 Å². The van der Waals surface area contributed by atoms with Crippen LogP contribution in [0.25, 0.3) is 0 Å². The van der Waals surface area contributed by atoms with Gasteiger partial charge in [0.15, 0.2) is 0 Å². The molecule has 0 heterocycles. The maximum absolute atomic E-state index is 12.1. The highest BCUT2D eigenvalue weighted by Crippen LogP contribution is 2.24. The number of rotatable bonds is 6. The molecule has 6 nitrogen and oxygen atoms in total. The number of amides is 1. The average molecular weight is 298 g/mol. The fourth-order valence-corrected chi connectivity index (χ4v) is 1.91. The van der Waals surface area contributed by atoms with Crippen molar-refractivity contribution in [2.45, 2.75) is 30.8 Å². The summed E-state index contributed by atoms with van der Waals surface area (Å²) < 4.78 is 0. The predicted molar refractivity (Wildman–Crippen MR) is 78.1 cm³/mol. The summed E-state index contributed by atoms with van der Waals surface area (Å²) in [4.78, 5) is 23.2. The molecular weight excluding hydrogens is 280 g/mol. The van der Waals surface area contributed by atoms with Crippen molar-refractivity contribution in [2.24, 2.45) is 0 Å². The largest absolute Gasteiger partial charge is 0.388 e. The van der Waals surface area contributed by atoms with Crippen molar-refractivity contribution in [3.8, 4) is 0 Å². The third-order valence-electron chi connectivity index (χ3n) is 3.04. The number of nitro benzene ring substituents is 1. The van der Waals surface area contributed by atoms with Crippen LogP contribution in [0.2, 0.25) is 0 Å². The molecule has 0 saturated carbocycles. The van der Waals surface area contributed by atoms with Crippen LogP contribution in [-0.2, 0) is 0 Å². The van der Waals surface area contributed by atoms with Crippen LogP contribution in [0.15, 0.2) is 23.1 Å². The molecule has 0 fully saturated rings. The van der Waals surface area contributed by atoms with E-state index < -0.39 is 16.4 Å². The number of hydrogen-bond acceptors (Lipinski definition) is 5. The minimum Gasteiger partial charge on any atom is -0.388 e. The minimum absolute atomic E-state index is 0.00810. The summed E-state index contributed by atoms with van der Waals surface area (Å²) in [7, 11) is 0. The Morgan fingerprint density at radius 3 is 2.70 bits per heavy atom. The van der Waals surface area contributed by atoms with Gasteiger partial charge in [-0.1, -0.05) is 6.92 Å². The number of benzene rings is 1. The highest BCUT2D eigenvalue weighted by molar-refractivity contribution is 7.98. The molecule has 0 aliphatic carbocycles. The van der Waals surface area contributed by atoms with E-state index in [1.807, 2.05) is 6.26 Å². The first-order chi connectivity index (χ1) is 9.30. The Kier molecular flexibility index (Phi) is 5.52. The van der Waals surface area contributed by atoms with Crippen LogP contribution in [0.3, 0.4) is 0 Å². The van der Waals surface area contributed by atoms with Gasteiger partial charge in [-0.3, -0.25) is 14.9 Å². The van der Waals surface area contributed by atoms with Crippen LogP contribution in [0.1, 0.15) is 30.6 Å². The molecule has 2 N–H and O–H groups in total. The number of thioether (sulfide) groups is 1. The van der Waals surface area contributed by atoms with E-state index in [0.29, 0.717) is 6.42 Å². The zero-order valence-corrected chi connectivity index (χ0v) is 12.5. The topological polar surface area (TPSA) is 92.5 Å². The molecular formula is C13H18N2O4S. The standard InChI is InChI=1S/C13H18N2O4S/c1-4-13(2,17)8-14-12(16)10-7-9(20-3)5-6-11(10)15(18)19/h5-7,17H,4,8H2,1-3H3,(H,14,16). The van der Waals surface area contributed by atoms with Crippen LogP contribution < -0.4 is 5.32 Å². The normalized spacial score (nSPS) is 13.6. The van der Waals surface area contributed by atoms with Crippen molar-refractivity contribution < 1.29 is 14.8 Å². The Hall–Kier alpha value is -1.60. The van der Waals surface area contributed by atoms with Crippen molar-refractivity contribution in [1.82, 2.24) is 5.32 Å². The van der Waals surface area contributed by atoms with Gasteiger partial charge < -0.3 is 10.4 Å². The molecule has 1 aromatic rings.